The molecule has 0 aliphatic carbocycles. The third-order valence-corrected chi connectivity index (χ3v) is 4.76. The van der Waals surface area contributed by atoms with Crippen molar-refractivity contribution in [1.82, 2.24) is 20.1 Å². The summed E-state index contributed by atoms with van der Waals surface area (Å²) in [6.07, 6.45) is 1.13. The van der Waals surface area contributed by atoms with Crippen LogP contribution in [0.2, 0.25) is 0 Å². The van der Waals surface area contributed by atoms with Crippen LogP contribution in [0.1, 0.15) is 22.0 Å². The highest BCUT2D eigenvalue weighted by atomic mass is 32.1. The molecule has 0 radical (unpaired) electrons. The number of aryl methyl sites for hydroxylation is 2. The van der Waals surface area contributed by atoms with Crippen LogP contribution >= 0.6 is 11.3 Å². The van der Waals surface area contributed by atoms with Crippen LogP contribution < -0.4 is 5.32 Å². The topological polar surface area (TPSA) is 48.5 Å². The maximum atomic E-state index is 12.0. The van der Waals surface area contributed by atoms with Crippen LogP contribution in [0, 0.1) is 13.8 Å². The second kappa shape index (κ2) is 7.15. The van der Waals surface area contributed by atoms with Gasteiger partial charge in [-0.1, -0.05) is 0 Å². The molecule has 0 spiro atoms. The van der Waals surface area contributed by atoms with E-state index in [4.69, 9.17) is 0 Å². The monoisotopic (exact) mass is 296 g/mol. The normalized spacial score (nSPS) is 17.9. The number of thiazole rings is 1. The number of hydrogen-bond donors (Lipinski definition) is 1. The first kappa shape index (κ1) is 15.4. The van der Waals surface area contributed by atoms with Gasteiger partial charge in [0.2, 0.25) is 5.91 Å². The number of carbonyl (C=O) groups is 1. The van der Waals surface area contributed by atoms with E-state index < -0.39 is 0 Å². The van der Waals surface area contributed by atoms with Gasteiger partial charge in [0.05, 0.1) is 18.8 Å². The van der Waals surface area contributed by atoms with E-state index >= 15 is 0 Å². The van der Waals surface area contributed by atoms with E-state index in [1.54, 1.807) is 11.3 Å². The van der Waals surface area contributed by atoms with Crippen molar-refractivity contribution in [3.05, 3.63) is 15.6 Å². The number of nitrogens with zero attached hydrogens (tertiary/aromatic N) is 3. The van der Waals surface area contributed by atoms with Crippen LogP contribution in [0.15, 0.2) is 0 Å². The van der Waals surface area contributed by atoms with Crippen molar-refractivity contribution in [2.24, 2.45) is 0 Å². The maximum Gasteiger partial charge on any atom is 0.234 e. The molecule has 0 atom stereocenters. The van der Waals surface area contributed by atoms with Gasteiger partial charge < -0.3 is 10.2 Å². The van der Waals surface area contributed by atoms with Gasteiger partial charge in [-0.2, -0.15) is 0 Å². The highest BCUT2D eigenvalue weighted by Crippen LogP contribution is 2.15. The number of amides is 1. The average molecular weight is 296 g/mol. The third-order valence-electron chi connectivity index (χ3n) is 3.69. The van der Waals surface area contributed by atoms with Gasteiger partial charge in [0.25, 0.3) is 0 Å². The Kier molecular flexibility index (Phi) is 5.51. The molecule has 2 heterocycles. The lowest BCUT2D eigenvalue weighted by molar-refractivity contribution is -0.122. The Labute approximate surface area is 125 Å². The summed E-state index contributed by atoms with van der Waals surface area (Å²) in [5, 5.41) is 3.96. The molecule has 1 aliphatic rings. The van der Waals surface area contributed by atoms with Crippen LogP contribution in [-0.2, 0) is 11.3 Å². The zero-order valence-electron chi connectivity index (χ0n) is 12.6. The minimum atomic E-state index is 0.0973. The summed E-state index contributed by atoms with van der Waals surface area (Å²) in [5.41, 5.74) is 1.06. The molecule has 0 unspecified atom stereocenters. The minimum Gasteiger partial charge on any atom is -0.348 e. The number of nitrogens with one attached hydrogen (secondary N) is 1. The Balaban J connectivity index is 1.74. The van der Waals surface area contributed by atoms with Gasteiger partial charge in [-0.3, -0.25) is 9.69 Å². The maximum absolute atomic E-state index is 12.0. The number of hydrogen-bond acceptors (Lipinski definition) is 5. The predicted octanol–water partition coefficient (Wildman–Crippen LogP) is 1.01. The lowest BCUT2D eigenvalue weighted by atomic mass is 10.4. The second-order valence-electron chi connectivity index (χ2n) is 5.46. The molecule has 5 nitrogen and oxygen atoms in total. The molecule has 0 aromatic carbocycles. The van der Waals surface area contributed by atoms with E-state index in [0.29, 0.717) is 13.1 Å². The average Bonchev–Trinajstić information content (AvgIpc) is 2.59. The Morgan fingerprint density at radius 2 is 2.10 bits per heavy atom. The SMILES string of the molecule is Cc1nc(CNC(=O)CN2CCCN(C)CC2)sc1C. The fraction of sp³-hybridized carbons (Fsp3) is 0.714. The Morgan fingerprint density at radius 3 is 2.80 bits per heavy atom. The van der Waals surface area contributed by atoms with E-state index in [1.165, 1.54) is 4.88 Å². The molecule has 2 rings (SSSR count). The lowest BCUT2D eigenvalue weighted by Crippen LogP contribution is -2.38. The summed E-state index contributed by atoms with van der Waals surface area (Å²) in [4.78, 5) is 22.2. The van der Waals surface area contributed by atoms with Gasteiger partial charge in [-0.25, -0.2) is 4.98 Å². The summed E-state index contributed by atoms with van der Waals surface area (Å²) in [6, 6.07) is 0. The van der Waals surface area contributed by atoms with Crippen molar-refractivity contribution in [1.29, 1.82) is 0 Å². The van der Waals surface area contributed by atoms with E-state index in [1.807, 2.05) is 6.92 Å². The van der Waals surface area contributed by atoms with Crippen molar-refractivity contribution in [3.8, 4) is 0 Å². The third kappa shape index (κ3) is 4.54. The molecular formula is C14H24N4OS. The molecule has 1 saturated heterocycles. The van der Waals surface area contributed by atoms with Crippen LogP contribution in [-0.4, -0.2) is 60.5 Å². The summed E-state index contributed by atoms with van der Waals surface area (Å²) < 4.78 is 0. The molecule has 1 amide bonds. The Bertz CT molecular complexity index is 441. The molecule has 112 valence electrons. The van der Waals surface area contributed by atoms with E-state index in [2.05, 4.69) is 34.1 Å². The van der Waals surface area contributed by atoms with Crippen molar-refractivity contribution >= 4 is 17.2 Å². The molecule has 1 aromatic heterocycles. The zero-order chi connectivity index (χ0) is 14.5. The molecule has 20 heavy (non-hydrogen) atoms. The quantitative estimate of drug-likeness (QED) is 0.901. The Hall–Kier alpha value is -0.980. The molecule has 0 bridgehead atoms. The van der Waals surface area contributed by atoms with Crippen molar-refractivity contribution in [2.45, 2.75) is 26.8 Å². The molecule has 0 saturated carbocycles. The van der Waals surface area contributed by atoms with Gasteiger partial charge in [-0.15, -0.1) is 11.3 Å². The first-order chi connectivity index (χ1) is 9.54. The smallest absolute Gasteiger partial charge is 0.234 e. The van der Waals surface area contributed by atoms with Crippen molar-refractivity contribution in [3.63, 3.8) is 0 Å². The van der Waals surface area contributed by atoms with E-state index in [-0.39, 0.29) is 5.91 Å². The Morgan fingerprint density at radius 1 is 1.30 bits per heavy atom. The van der Waals surface area contributed by atoms with Crippen LogP contribution in [0.25, 0.3) is 0 Å². The zero-order valence-corrected chi connectivity index (χ0v) is 13.4. The largest absolute Gasteiger partial charge is 0.348 e. The van der Waals surface area contributed by atoms with Crippen LogP contribution in [0.3, 0.4) is 0 Å². The van der Waals surface area contributed by atoms with Gasteiger partial charge in [0.1, 0.15) is 5.01 Å². The number of aromatic nitrogens is 1. The van der Waals surface area contributed by atoms with Crippen molar-refractivity contribution < 1.29 is 4.79 Å². The molecular weight excluding hydrogens is 272 g/mol. The summed E-state index contributed by atoms with van der Waals surface area (Å²) in [5.74, 6) is 0.0973. The molecule has 1 N–H and O–H groups in total. The minimum absolute atomic E-state index is 0.0973. The fourth-order valence-corrected chi connectivity index (χ4v) is 3.18. The summed E-state index contributed by atoms with van der Waals surface area (Å²) in [7, 11) is 2.14. The van der Waals surface area contributed by atoms with Gasteiger partial charge in [-0.05, 0) is 40.4 Å². The van der Waals surface area contributed by atoms with Gasteiger partial charge in [0.15, 0.2) is 0 Å². The van der Waals surface area contributed by atoms with Crippen molar-refractivity contribution in [2.75, 3.05) is 39.8 Å². The first-order valence-corrected chi connectivity index (χ1v) is 7.97. The van der Waals surface area contributed by atoms with E-state index in [0.717, 1.165) is 43.3 Å². The van der Waals surface area contributed by atoms with Crippen LogP contribution in [0.5, 0.6) is 0 Å². The molecule has 1 fully saturated rings. The predicted molar refractivity (Wildman–Crippen MR) is 82.0 cm³/mol. The lowest BCUT2D eigenvalue weighted by Gasteiger charge is -2.19. The first-order valence-electron chi connectivity index (χ1n) is 7.15. The standard InChI is InChI=1S/C14H24N4OS/c1-11-12(2)20-14(16-11)9-15-13(19)10-18-6-4-5-17(3)7-8-18/h4-10H2,1-3H3,(H,15,19). The summed E-state index contributed by atoms with van der Waals surface area (Å²) >= 11 is 1.66. The second-order valence-corrected chi connectivity index (χ2v) is 6.75. The van der Waals surface area contributed by atoms with Crippen LogP contribution in [0.4, 0.5) is 0 Å². The highest BCUT2D eigenvalue weighted by molar-refractivity contribution is 7.11. The van der Waals surface area contributed by atoms with E-state index in [9.17, 15) is 4.79 Å². The summed E-state index contributed by atoms with van der Waals surface area (Å²) in [6.45, 7) is 9.25. The molecule has 1 aliphatic heterocycles. The molecule has 1 aromatic rings. The fourth-order valence-electron chi connectivity index (χ4n) is 2.31. The van der Waals surface area contributed by atoms with Gasteiger partial charge in [0, 0.05) is 18.0 Å². The number of likely N-dealkylation sites (N-methyl/N-ethyl adjacent to an activating group) is 1. The number of rotatable bonds is 4. The highest BCUT2D eigenvalue weighted by Gasteiger charge is 2.15. The molecule has 6 heteroatoms. The van der Waals surface area contributed by atoms with Gasteiger partial charge >= 0.3 is 0 Å². The number of carbonyl (C=O) groups excluding carboxylic acids is 1.